The van der Waals surface area contributed by atoms with Crippen LogP contribution in [0.3, 0.4) is 0 Å². The standard InChI is InChI=1S/C13H14BrNO3/c1-9(16)18-12(8-15(2)3)13(17)10-4-6-11(14)7-5-10/h4-8H,1-3H3/b12-8-. The molecule has 0 atom stereocenters. The second-order valence-electron chi connectivity index (χ2n) is 3.89. The molecule has 18 heavy (non-hydrogen) atoms. The van der Waals surface area contributed by atoms with E-state index < -0.39 is 5.97 Å². The van der Waals surface area contributed by atoms with Crippen LogP contribution in [0, 0.1) is 0 Å². The highest BCUT2D eigenvalue weighted by Crippen LogP contribution is 2.15. The third kappa shape index (κ3) is 4.33. The summed E-state index contributed by atoms with van der Waals surface area (Å²) in [6, 6.07) is 6.85. The minimum atomic E-state index is -0.520. The smallest absolute Gasteiger partial charge is 0.308 e. The summed E-state index contributed by atoms with van der Waals surface area (Å²) in [6.07, 6.45) is 1.48. The Morgan fingerprint density at radius 2 is 1.78 bits per heavy atom. The third-order valence-corrected chi connectivity index (χ3v) is 2.49. The van der Waals surface area contributed by atoms with Gasteiger partial charge >= 0.3 is 5.97 Å². The minimum absolute atomic E-state index is 0.00909. The molecule has 1 rings (SSSR count). The molecule has 0 amide bonds. The molecular formula is C13H14BrNO3. The Labute approximate surface area is 114 Å². The monoisotopic (exact) mass is 311 g/mol. The number of Topliss-reactive ketones (excluding diaryl/α,β-unsaturated/α-hetero) is 1. The van der Waals surface area contributed by atoms with Crippen molar-refractivity contribution in [2.45, 2.75) is 6.92 Å². The van der Waals surface area contributed by atoms with Crippen molar-refractivity contribution >= 4 is 27.7 Å². The van der Waals surface area contributed by atoms with Crippen molar-refractivity contribution in [1.29, 1.82) is 0 Å². The molecule has 0 saturated carbocycles. The zero-order valence-corrected chi connectivity index (χ0v) is 12.0. The lowest BCUT2D eigenvalue weighted by Gasteiger charge is -2.10. The van der Waals surface area contributed by atoms with E-state index in [0.29, 0.717) is 5.56 Å². The molecule has 0 radical (unpaired) electrons. The summed E-state index contributed by atoms with van der Waals surface area (Å²) >= 11 is 3.29. The third-order valence-electron chi connectivity index (χ3n) is 1.96. The highest BCUT2D eigenvalue weighted by molar-refractivity contribution is 9.10. The lowest BCUT2D eigenvalue weighted by Crippen LogP contribution is -2.14. The number of hydrogen-bond acceptors (Lipinski definition) is 4. The number of carbonyl (C=O) groups is 2. The average molecular weight is 312 g/mol. The molecule has 0 N–H and O–H groups in total. The lowest BCUT2D eigenvalue weighted by atomic mass is 10.1. The maximum absolute atomic E-state index is 12.1. The SMILES string of the molecule is CC(=O)O/C(=C\N(C)C)C(=O)c1ccc(Br)cc1. The maximum atomic E-state index is 12.1. The van der Waals surface area contributed by atoms with Crippen molar-refractivity contribution < 1.29 is 14.3 Å². The molecule has 0 aliphatic heterocycles. The summed E-state index contributed by atoms with van der Waals surface area (Å²) in [5, 5.41) is 0. The average Bonchev–Trinajstić information content (AvgIpc) is 2.27. The van der Waals surface area contributed by atoms with Crippen LogP contribution in [0.2, 0.25) is 0 Å². The number of nitrogens with zero attached hydrogens (tertiary/aromatic N) is 1. The number of allylic oxidation sites excluding steroid dienone is 1. The van der Waals surface area contributed by atoms with E-state index in [2.05, 4.69) is 15.9 Å². The van der Waals surface area contributed by atoms with Gasteiger partial charge in [-0.1, -0.05) is 15.9 Å². The van der Waals surface area contributed by atoms with Gasteiger partial charge in [-0.2, -0.15) is 0 Å². The maximum Gasteiger partial charge on any atom is 0.308 e. The van der Waals surface area contributed by atoms with Crippen LogP contribution in [0.15, 0.2) is 40.7 Å². The first-order valence-electron chi connectivity index (χ1n) is 5.27. The van der Waals surface area contributed by atoms with Gasteiger partial charge in [0, 0.05) is 37.3 Å². The summed E-state index contributed by atoms with van der Waals surface area (Å²) in [5.74, 6) is -0.838. The van der Waals surface area contributed by atoms with E-state index in [1.807, 2.05) is 0 Å². The van der Waals surface area contributed by atoms with E-state index in [-0.39, 0.29) is 11.5 Å². The van der Waals surface area contributed by atoms with E-state index in [4.69, 9.17) is 4.74 Å². The molecule has 0 saturated heterocycles. The Bertz CT molecular complexity index is 478. The molecule has 0 fully saturated rings. The Morgan fingerprint density at radius 3 is 2.22 bits per heavy atom. The number of esters is 1. The van der Waals surface area contributed by atoms with Crippen LogP contribution < -0.4 is 0 Å². The molecule has 0 aliphatic rings. The Kier molecular flexibility index (Phi) is 5.09. The van der Waals surface area contributed by atoms with Crippen LogP contribution >= 0.6 is 15.9 Å². The fraction of sp³-hybridized carbons (Fsp3) is 0.231. The van der Waals surface area contributed by atoms with Gasteiger partial charge in [-0.25, -0.2) is 0 Å². The number of hydrogen-bond donors (Lipinski definition) is 0. The number of halogens is 1. The normalized spacial score (nSPS) is 11.0. The second kappa shape index (κ2) is 6.35. The van der Waals surface area contributed by atoms with Crippen LogP contribution in [-0.4, -0.2) is 30.7 Å². The molecule has 0 unspecified atom stereocenters. The van der Waals surface area contributed by atoms with Crippen molar-refractivity contribution in [1.82, 2.24) is 4.90 Å². The van der Waals surface area contributed by atoms with Crippen LogP contribution in [0.1, 0.15) is 17.3 Å². The van der Waals surface area contributed by atoms with Crippen molar-refractivity contribution in [2.75, 3.05) is 14.1 Å². The molecule has 4 nitrogen and oxygen atoms in total. The Balaban J connectivity index is 3.02. The number of carbonyl (C=O) groups excluding carboxylic acids is 2. The van der Waals surface area contributed by atoms with E-state index in [9.17, 15) is 9.59 Å². The van der Waals surface area contributed by atoms with Gasteiger partial charge in [0.25, 0.3) is 0 Å². The number of ether oxygens (including phenoxy) is 1. The quantitative estimate of drug-likeness (QED) is 0.371. The van der Waals surface area contributed by atoms with Crippen molar-refractivity contribution in [3.05, 3.63) is 46.3 Å². The lowest BCUT2D eigenvalue weighted by molar-refractivity contribution is -0.136. The summed E-state index contributed by atoms with van der Waals surface area (Å²) in [5.41, 5.74) is 0.465. The fourth-order valence-electron chi connectivity index (χ4n) is 1.26. The Hall–Kier alpha value is -1.62. The number of rotatable bonds is 4. The summed E-state index contributed by atoms with van der Waals surface area (Å²) in [4.78, 5) is 24.8. The molecule has 0 aromatic heterocycles. The van der Waals surface area contributed by atoms with Crippen LogP contribution in [-0.2, 0) is 9.53 Å². The first kappa shape index (κ1) is 14.4. The Morgan fingerprint density at radius 1 is 1.22 bits per heavy atom. The van der Waals surface area contributed by atoms with E-state index >= 15 is 0 Å². The predicted octanol–water partition coefficient (Wildman–Crippen LogP) is 2.60. The van der Waals surface area contributed by atoms with Gasteiger partial charge in [-0.05, 0) is 24.3 Å². The largest absolute Gasteiger partial charge is 0.421 e. The van der Waals surface area contributed by atoms with Gasteiger partial charge in [-0.3, -0.25) is 9.59 Å². The van der Waals surface area contributed by atoms with Crippen LogP contribution in [0.5, 0.6) is 0 Å². The van der Waals surface area contributed by atoms with Crippen molar-refractivity contribution in [3.63, 3.8) is 0 Å². The minimum Gasteiger partial charge on any atom is -0.421 e. The highest BCUT2D eigenvalue weighted by Gasteiger charge is 2.16. The van der Waals surface area contributed by atoms with E-state index in [1.54, 1.807) is 43.3 Å². The zero-order valence-electron chi connectivity index (χ0n) is 10.4. The van der Waals surface area contributed by atoms with Crippen LogP contribution in [0.4, 0.5) is 0 Å². The molecule has 0 heterocycles. The van der Waals surface area contributed by atoms with Gasteiger partial charge < -0.3 is 9.64 Å². The van der Waals surface area contributed by atoms with E-state index in [0.717, 1.165) is 4.47 Å². The predicted molar refractivity (Wildman–Crippen MR) is 72.0 cm³/mol. The van der Waals surface area contributed by atoms with Gasteiger partial charge in [0.05, 0.1) is 0 Å². The van der Waals surface area contributed by atoms with Gasteiger partial charge in [0.1, 0.15) is 0 Å². The molecule has 96 valence electrons. The first-order chi connectivity index (χ1) is 8.40. The molecule has 5 heteroatoms. The molecule has 0 aliphatic carbocycles. The molecule has 1 aromatic carbocycles. The van der Waals surface area contributed by atoms with Crippen molar-refractivity contribution in [2.24, 2.45) is 0 Å². The van der Waals surface area contributed by atoms with Crippen molar-refractivity contribution in [3.8, 4) is 0 Å². The van der Waals surface area contributed by atoms with Crippen LogP contribution in [0.25, 0.3) is 0 Å². The molecule has 0 bridgehead atoms. The molecule has 0 spiro atoms. The number of ketones is 1. The summed E-state index contributed by atoms with van der Waals surface area (Å²) in [7, 11) is 3.50. The fourth-order valence-corrected chi connectivity index (χ4v) is 1.53. The molecule has 1 aromatic rings. The first-order valence-corrected chi connectivity index (χ1v) is 6.06. The van der Waals surface area contributed by atoms with Gasteiger partial charge in [0.15, 0.2) is 5.76 Å². The van der Waals surface area contributed by atoms with Gasteiger partial charge in [0.2, 0.25) is 5.78 Å². The second-order valence-corrected chi connectivity index (χ2v) is 4.80. The summed E-state index contributed by atoms with van der Waals surface area (Å²) in [6.45, 7) is 1.26. The number of benzene rings is 1. The van der Waals surface area contributed by atoms with Gasteiger partial charge in [-0.15, -0.1) is 0 Å². The molecular weight excluding hydrogens is 298 g/mol. The summed E-state index contributed by atoms with van der Waals surface area (Å²) < 4.78 is 5.81. The topological polar surface area (TPSA) is 46.6 Å². The van der Waals surface area contributed by atoms with E-state index in [1.165, 1.54) is 13.1 Å². The highest BCUT2D eigenvalue weighted by atomic mass is 79.9. The zero-order chi connectivity index (χ0) is 13.7.